The van der Waals surface area contributed by atoms with Crippen LogP contribution in [0.3, 0.4) is 0 Å². The first-order valence-electron chi connectivity index (χ1n) is 9.69. The molecule has 2 aliphatic rings. The van der Waals surface area contributed by atoms with Crippen molar-refractivity contribution >= 4 is 11.9 Å². The fourth-order valence-electron chi connectivity index (χ4n) is 3.76. The average Bonchev–Trinajstić information content (AvgIpc) is 3.19. The molecule has 0 aromatic heterocycles. The van der Waals surface area contributed by atoms with Gasteiger partial charge < -0.3 is 14.4 Å². The molecule has 0 amide bonds. The maximum absolute atomic E-state index is 5.93. The molecule has 0 radical (unpaired) electrons. The summed E-state index contributed by atoms with van der Waals surface area (Å²) in [5, 5.41) is 0. The molecule has 1 saturated heterocycles. The largest absolute Gasteiger partial charge is 0.495 e. The number of nitrogens with zero attached hydrogens (tertiary/aromatic N) is 3. The third-order valence-corrected chi connectivity index (χ3v) is 5.29. The number of rotatable bonds is 7. The number of methoxy groups -OCH3 is 1. The van der Waals surface area contributed by atoms with Gasteiger partial charge in [0.1, 0.15) is 11.5 Å². The standard InChI is InChI=1S/C22H27N3O2/c1-26-22-6-3-2-5-21(22)25-12-10-24(11-13-25)9-4-14-27-20-8-7-18-16-23-17-19(18)15-20/h2-3,5-8,15-16H,4,9-14,17H2,1H3. The van der Waals surface area contributed by atoms with Gasteiger partial charge in [0.05, 0.1) is 25.9 Å². The molecular formula is C22H27N3O2. The van der Waals surface area contributed by atoms with E-state index in [0.29, 0.717) is 0 Å². The number of hydrogen-bond acceptors (Lipinski definition) is 5. The van der Waals surface area contributed by atoms with Crippen molar-refractivity contribution in [1.82, 2.24) is 4.90 Å². The molecule has 2 heterocycles. The molecule has 2 aliphatic heterocycles. The lowest BCUT2D eigenvalue weighted by molar-refractivity contribution is 0.224. The number of para-hydroxylation sites is 2. The fraction of sp³-hybridized carbons (Fsp3) is 0.409. The van der Waals surface area contributed by atoms with Crippen LogP contribution in [0.5, 0.6) is 11.5 Å². The van der Waals surface area contributed by atoms with E-state index in [1.165, 1.54) is 16.8 Å². The highest BCUT2D eigenvalue weighted by atomic mass is 16.5. The number of anilines is 1. The Morgan fingerprint density at radius 2 is 1.89 bits per heavy atom. The predicted octanol–water partition coefficient (Wildman–Crippen LogP) is 3.22. The van der Waals surface area contributed by atoms with Crippen molar-refractivity contribution in [3.05, 3.63) is 53.6 Å². The molecule has 142 valence electrons. The Kier molecular flexibility index (Phi) is 5.58. The summed E-state index contributed by atoms with van der Waals surface area (Å²) in [4.78, 5) is 9.22. The number of fused-ring (bicyclic) bond motifs is 1. The molecule has 2 aromatic rings. The van der Waals surface area contributed by atoms with Crippen LogP contribution in [0.2, 0.25) is 0 Å². The number of ether oxygens (including phenoxy) is 2. The molecule has 0 aliphatic carbocycles. The van der Waals surface area contributed by atoms with E-state index in [1.807, 2.05) is 24.4 Å². The van der Waals surface area contributed by atoms with Crippen LogP contribution >= 0.6 is 0 Å². The topological polar surface area (TPSA) is 37.3 Å². The molecule has 0 bridgehead atoms. The van der Waals surface area contributed by atoms with Crippen LogP contribution in [-0.4, -0.2) is 57.6 Å². The smallest absolute Gasteiger partial charge is 0.142 e. The van der Waals surface area contributed by atoms with Crippen molar-refractivity contribution in [3.8, 4) is 11.5 Å². The maximum Gasteiger partial charge on any atom is 0.142 e. The first-order valence-corrected chi connectivity index (χ1v) is 9.69. The molecule has 4 rings (SSSR count). The Morgan fingerprint density at radius 3 is 2.74 bits per heavy atom. The summed E-state index contributed by atoms with van der Waals surface area (Å²) in [6.45, 7) is 6.84. The van der Waals surface area contributed by atoms with E-state index in [1.54, 1.807) is 7.11 Å². The van der Waals surface area contributed by atoms with Crippen molar-refractivity contribution in [2.45, 2.75) is 13.0 Å². The van der Waals surface area contributed by atoms with Gasteiger partial charge in [0, 0.05) is 38.9 Å². The SMILES string of the molecule is COc1ccccc1N1CCN(CCCOc2ccc3c(c2)CN=C3)CC1. The van der Waals surface area contributed by atoms with Crippen LogP contribution in [-0.2, 0) is 6.54 Å². The van der Waals surface area contributed by atoms with Gasteiger partial charge in [0.15, 0.2) is 0 Å². The molecule has 5 heteroatoms. The van der Waals surface area contributed by atoms with E-state index in [2.05, 4.69) is 39.1 Å². The summed E-state index contributed by atoms with van der Waals surface area (Å²) in [7, 11) is 1.74. The second-order valence-electron chi connectivity index (χ2n) is 7.03. The molecule has 0 saturated carbocycles. The Morgan fingerprint density at radius 1 is 1.04 bits per heavy atom. The van der Waals surface area contributed by atoms with Gasteiger partial charge in [-0.2, -0.15) is 0 Å². The lowest BCUT2D eigenvalue weighted by atomic mass is 10.1. The fourth-order valence-corrected chi connectivity index (χ4v) is 3.76. The van der Waals surface area contributed by atoms with Gasteiger partial charge in [-0.3, -0.25) is 9.89 Å². The van der Waals surface area contributed by atoms with Crippen LogP contribution in [0.25, 0.3) is 0 Å². The highest BCUT2D eigenvalue weighted by Gasteiger charge is 2.19. The molecule has 5 nitrogen and oxygen atoms in total. The number of aliphatic imine (C=N–C) groups is 1. The van der Waals surface area contributed by atoms with Crippen LogP contribution in [0.15, 0.2) is 47.5 Å². The van der Waals surface area contributed by atoms with E-state index < -0.39 is 0 Å². The molecule has 0 atom stereocenters. The van der Waals surface area contributed by atoms with E-state index >= 15 is 0 Å². The zero-order valence-corrected chi connectivity index (χ0v) is 15.9. The molecule has 0 N–H and O–H groups in total. The van der Waals surface area contributed by atoms with Crippen molar-refractivity contribution in [2.75, 3.05) is 51.3 Å². The van der Waals surface area contributed by atoms with Gasteiger partial charge in [-0.25, -0.2) is 0 Å². The van der Waals surface area contributed by atoms with Gasteiger partial charge >= 0.3 is 0 Å². The van der Waals surface area contributed by atoms with Crippen molar-refractivity contribution in [2.24, 2.45) is 4.99 Å². The second kappa shape index (κ2) is 8.44. The summed E-state index contributed by atoms with van der Waals surface area (Å²) in [5.74, 6) is 1.92. The minimum Gasteiger partial charge on any atom is -0.495 e. The Bertz CT molecular complexity index is 798. The molecule has 1 fully saturated rings. The monoisotopic (exact) mass is 365 g/mol. The van der Waals surface area contributed by atoms with Crippen LogP contribution < -0.4 is 14.4 Å². The van der Waals surface area contributed by atoms with E-state index in [9.17, 15) is 0 Å². The van der Waals surface area contributed by atoms with Gasteiger partial charge in [0.2, 0.25) is 0 Å². The van der Waals surface area contributed by atoms with E-state index in [-0.39, 0.29) is 0 Å². The third kappa shape index (κ3) is 4.25. The van der Waals surface area contributed by atoms with Crippen molar-refractivity contribution in [3.63, 3.8) is 0 Å². The lowest BCUT2D eigenvalue weighted by Gasteiger charge is -2.36. The normalized spacial score (nSPS) is 16.4. The number of piperazine rings is 1. The second-order valence-corrected chi connectivity index (χ2v) is 7.03. The Balaban J connectivity index is 1.19. The summed E-state index contributed by atoms with van der Waals surface area (Å²) in [5.41, 5.74) is 3.68. The third-order valence-electron chi connectivity index (χ3n) is 5.29. The molecule has 27 heavy (non-hydrogen) atoms. The van der Waals surface area contributed by atoms with Gasteiger partial charge in [0.25, 0.3) is 0 Å². The Labute approximate surface area is 161 Å². The minimum atomic E-state index is 0.756. The van der Waals surface area contributed by atoms with E-state index in [0.717, 1.165) is 63.8 Å². The highest BCUT2D eigenvalue weighted by Crippen LogP contribution is 2.28. The first kappa shape index (κ1) is 17.9. The summed E-state index contributed by atoms with van der Waals surface area (Å²) >= 11 is 0. The Hall–Kier alpha value is -2.53. The van der Waals surface area contributed by atoms with Crippen molar-refractivity contribution < 1.29 is 9.47 Å². The summed E-state index contributed by atoms with van der Waals surface area (Å²) < 4.78 is 11.4. The molecule has 0 spiro atoms. The predicted molar refractivity (Wildman–Crippen MR) is 109 cm³/mol. The summed E-state index contributed by atoms with van der Waals surface area (Å²) in [6, 6.07) is 14.5. The first-order chi connectivity index (χ1) is 13.3. The summed E-state index contributed by atoms with van der Waals surface area (Å²) in [6.07, 6.45) is 2.98. The number of benzene rings is 2. The quantitative estimate of drug-likeness (QED) is 0.706. The van der Waals surface area contributed by atoms with Gasteiger partial charge in [-0.1, -0.05) is 12.1 Å². The molecule has 2 aromatic carbocycles. The van der Waals surface area contributed by atoms with Gasteiger partial charge in [-0.15, -0.1) is 0 Å². The highest BCUT2D eigenvalue weighted by molar-refractivity contribution is 5.84. The maximum atomic E-state index is 5.93. The van der Waals surface area contributed by atoms with Crippen molar-refractivity contribution in [1.29, 1.82) is 0 Å². The van der Waals surface area contributed by atoms with E-state index in [4.69, 9.17) is 9.47 Å². The van der Waals surface area contributed by atoms with Crippen LogP contribution in [0, 0.1) is 0 Å². The lowest BCUT2D eigenvalue weighted by Crippen LogP contribution is -2.46. The zero-order chi connectivity index (χ0) is 18.5. The van der Waals surface area contributed by atoms with Crippen LogP contribution in [0.4, 0.5) is 5.69 Å². The number of hydrogen-bond donors (Lipinski definition) is 0. The zero-order valence-electron chi connectivity index (χ0n) is 15.9. The minimum absolute atomic E-state index is 0.756. The van der Waals surface area contributed by atoms with Gasteiger partial charge in [-0.05, 0) is 47.9 Å². The molecule has 0 unspecified atom stereocenters. The van der Waals surface area contributed by atoms with Crippen LogP contribution in [0.1, 0.15) is 17.5 Å². The average molecular weight is 365 g/mol. The molecular weight excluding hydrogens is 338 g/mol.